The van der Waals surface area contributed by atoms with Gasteiger partial charge in [-0.3, -0.25) is 0 Å². The van der Waals surface area contributed by atoms with Gasteiger partial charge in [0.15, 0.2) is 0 Å². The molecule has 3 aliphatic rings. The van der Waals surface area contributed by atoms with E-state index in [0.717, 1.165) is 29.6 Å². The van der Waals surface area contributed by atoms with E-state index in [0.29, 0.717) is 0 Å². The van der Waals surface area contributed by atoms with Crippen LogP contribution in [0.25, 0.3) is 0 Å². The predicted octanol–water partition coefficient (Wildman–Crippen LogP) is 4.64. The Bertz CT molecular complexity index is 220. The number of fused-ring (bicyclic) bond motifs is 2. The molecule has 0 radical (unpaired) electrons. The van der Waals surface area contributed by atoms with Crippen LogP contribution in [-0.2, 0) is 0 Å². The minimum absolute atomic E-state index is 1.05. The summed E-state index contributed by atoms with van der Waals surface area (Å²) in [5.41, 5.74) is 0. The molecule has 0 bridgehead atoms. The maximum absolute atomic E-state index is 2.53. The van der Waals surface area contributed by atoms with Crippen LogP contribution in [-0.4, -0.2) is 0 Å². The smallest absolute Gasteiger partial charge is 0.0357 e. The Morgan fingerprint density at radius 3 is 2.13 bits per heavy atom. The van der Waals surface area contributed by atoms with Gasteiger partial charge in [0, 0.05) is 0 Å². The zero-order valence-electron chi connectivity index (χ0n) is 10.3. The summed E-state index contributed by atoms with van der Waals surface area (Å²) in [7, 11) is 0. The maximum Gasteiger partial charge on any atom is -0.0357 e. The summed E-state index contributed by atoms with van der Waals surface area (Å²) in [6.45, 7) is 2.53. The van der Waals surface area contributed by atoms with Crippen LogP contribution in [0.5, 0.6) is 0 Å². The molecular weight excluding hydrogens is 180 g/mol. The van der Waals surface area contributed by atoms with E-state index < -0.39 is 0 Å². The normalized spacial score (nSPS) is 50.6. The van der Waals surface area contributed by atoms with E-state index in [-0.39, 0.29) is 0 Å². The van der Waals surface area contributed by atoms with Crippen LogP contribution in [0.4, 0.5) is 0 Å². The molecule has 0 amide bonds. The molecule has 3 rings (SSSR count). The van der Waals surface area contributed by atoms with Crippen LogP contribution in [0, 0.1) is 29.6 Å². The molecule has 3 aliphatic carbocycles. The highest BCUT2D eigenvalue weighted by atomic mass is 14.5. The van der Waals surface area contributed by atoms with Crippen molar-refractivity contribution in [2.45, 2.75) is 64.7 Å². The number of hydrogen-bond donors (Lipinski definition) is 0. The van der Waals surface area contributed by atoms with Crippen molar-refractivity contribution < 1.29 is 0 Å². The second kappa shape index (κ2) is 4.11. The van der Waals surface area contributed by atoms with Crippen molar-refractivity contribution in [1.82, 2.24) is 0 Å². The van der Waals surface area contributed by atoms with Gasteiger partial charge in [-0.25, -0.2) is 0 Å². The molecule has 0 N–H and O–H groups in total. The average molecular weight is 206 g/mol. The van der Waals surface area contributed by atoms with Gasteiger partial charge in [0.1, 0.15) is 0 Å². The highest BCUT2D eigenvalue weighted by molar-refractivity contribution is 4.91. The third-order valence-electron chi connectivity index (χ3n) is 5.82. The number of hydrogen-bond acceptors (Lipinski definition) is 0. The van der Waals surface area contributed by atoms with Gasteiger partial charge in [-0.2, -0.15) is 0 Å². The molecule has 5 unspecified atom stereocenters. The summed E-state index contributed by atoms with van der Waals surface area (Å²) in [4.78, 5) is 0. The van der Waals surface area contributed by atoms with Gasteiger partial charge in [0.05, 0.1) is 0 Å². The second-order valence-corrected chi connectivity index (χ2v) is 6.61. The van der Waals surface area contributed by atoms with Crippen molar-refractivity contribution in [2.24, 2.45) is 29.6 Å². The lowest BCUT2D eigenvalue weighted by molar-refractivity contribution is 0.0230. The minimum atomic E-state index is 1.05. The van der Waals surface area contributed by atoms with E-state index in [1.807, 2.05) is 0 Å². The first-order valence-corrected chi connectivity index (χ1v) is 7.34. The monoisotopic (exact) mass is 206 g/mol. The molecule has 0 heteroatoms. The van der Waals surface area contributed by atoms with Gasteiger partial charge in [-0.05, 0) is 42.4 Å². The molecule has 0 aromatic carbocycles. The SMILES string of the molecule is CC1CCCC2CC3CCCCC3CC12. The fourth-order valence-corrected chi connectivity index (χ4v) is 4.96. The first-order chi connectivity index (χ1) is 7.34. The van der Waals surface area contributed by atoms with E-state index >= 15 is 0 Å². The van der Waals surface area contributed by atoms with Crippen molar-refractivity contribution in [2.75, 3.05) is 0 Å². The van der Waals surface area contributed by atoms with Crippen molar-refractivity contribution in [3.63, 3.8) is 0 Å². The van der Waals surface area contributed by atoms with Crippen molar-refractivity contribution in [1.29, 1.82) is 0 Å². The first-order valence-electron chi connectivity index (χ1n) is 7.34. The summed E-state index contributed by atoms with van der Waals surface area (Å²) in [5.74, 6) is 5.59. The maximum atomic E-state index is 2.53. The molecule has 86 valence electrons. The molecule has 3 fully saturated rings. The molecular formula is C15H26. The van der Waals surface area contributed by atoms with E-state index in [1.54, 1.807) is 32.1 Å². The zero-order chi connectivity index (χ0) is 10.3. The van der Waals surface area contributed by atoms with Crippen LogP contribution in [0.3, 0.4) is 0 Å². The van der Waals surface area contributed by atoms with Gasteiger partial charge < -0.3 is 0 Å². The Kier molecular flexibility index (Phi) is 2.79. The molecule has 15 heavy (non-hydrogen) atoms. The first kappa shape index (κ1) is 10.2. The van der Waals surface area contributed by atoms with E-state index in [2.05, 4.69) is 6.92 Å². The Hall–Kier alpha value is 0. The van der Waals surface area contributed by atoms with Gasteiger partial charge >= 0.3 is 0 Å². The largest absolute Gasteiger partial charge is 0.0622 e. The summed E-state index contributed by atoms with van der Waals surface area (Å²) >= 11 is 0. The highest BCUT2D eigenvalue weighted by Crippen LogP contribution is 2.51. The van der Waals surface area contributed by atoms with E-state index in [9.17, 15) is 0 Å². The molecule has 0 aliphatic heterocycles. The van der Waals surface area contributed by atoms with Gasteiger partial charge in [0.2, 0.25) is 0 Å². The summed E-state index contributed by atoms with van der Waals surface area (Å²) in [6, 6.07) is 0. The Labute approximate surface area is 94.8 Å². The summed E-state index contributed by atoms with van der Waals surface area (Å²) in [6.07, 6.45) is 14.1. The average Bonchev–Trinajstić information content (AvgIpc) is 2.27. The molecule has 0 nitrogen and oxygen atoms in total. The van der Waals surface area contributed by atoms with Gasteiger partial charge in [0.25, 0.3) is 0 Å². The minimum Gasteiger partial charge on any atom is -0.0622 e. The molecule has 0 heterocycles. The molecule has 3 saturated carbocycles. The summed E-state index contributed by atoms with van der Waals surface area (Å²) < 4.78 is 0. The second-order valence-electron chi connectivity index (χ2n) is 6.61. The van der Waals surface area contributed by atoms with Crippen LogP contribution >= 0.6 is 0 Å². The molecule has 0 spiro atoms. The van der Waals surface area contributed by atoms with Crippen LogP contribution < -0.4 is 0 Å². The zero-order valence-corrected chi connectivity index (χ0v) is 10.3. The van der Waals surface area contributed by atoms with Gasteiger partial charge in [-0.1, -0.05) is 51.9 Å². The fourth-order valence-electron chi connectivity index (χ4n) is 4.96. The van der Waals surface area contributed by atoms with Crippen LogP contribution in [0.15, 0.2) is 0 Å². The topological polar surface area (TPSA) is 0 Å². The lowest BCUT2D eigenvalue weighted by Gasteiger charge is -2.48. The number of rotatable bonds is 0. The predicted molar refractivity (Wildman–Crippen MR) is 64.7 cm³/mol. The third kappa shape index (κ3) is 1.85. The van der Waals surface area contributed by atoms with Crippen molar-refractivity contribution >= 4 is 0 Å². The van der Waals surface area contributed by atoms with Gasteiger partial charge in [-0.15, -0.1) is 0 Å². The Morgan fingerprint density at radius 2 is 1.33 bits per heavy atom. The third-order valence-corrected chi connectivity index (χ3v) is 5.82. The molecule has 5 atom stereocenters. The quantitative estimate of drug-likeness (QED) is 0.541. The van der Waals surface area contributed by atoms with E-state index in [1.165, 1.54) is 25.7 Å². The molecule has 0 saturated heterocycles. The van der Waals surface area contributed by atoms with Crippen molar-refractivity contribution in [3.05, 3.63) is 0 Å². The summed E-state index contributed by atoms with van der Waals surface area (Å²) in [5, 5.41) is 0. The molecule has 0 aromatic heterocycles. The molecule has 0 aromatic rings. The van der Waals surface area contributed by atoms with Crippen molar-refractivity contribution in [3.8, 4) is 0 Å². The van der Waals surface area contributed by atoms with Crippen LogP contribution in [0.1, 0.15) is 64.7 Å². The van der Waals surface area contributed by atoms with Crippen LogP contribution in [0.2, 0.25) is 0 Å². The standard InChI is InChI=1S/C15H26/c1-11-5-4-8-14-9-12-6-2-3-7-13(12)10-15(11)14/h11-15H,2-10H2,1H3. The fraction of sp³-hybridized carbons (Fsp3) is 1.00. The Balaban J connectivity index is 1.71. The Morgan fingerprint density at radius 1 is 0.667 bits per heavy atom. The lowest BCUT2D eigenvalue weighted by atomic mass is 9.57. The highest BCUT2D eigenvalue weighted by Gasteiger charge is 2.41. The lowest BCUT2D eigenvalue weighted by Crippen LogP contribution is -2.38. The van der Waals surface area contributed by atoms with E-state index in [4.69, 9.17) is 0 Å².